The third-order valence-corrected chi connectivity index (χ3v) is 8.35. The quantitative estimate of drug-likeness (QED) is 0.0831. The summed E-state index contributed by atoms with van der Waals surface area (Å²) in [5, 5.41) is 10.7. The zero-order chi connectivity index (χ0) is 30.3. The highest BCUT2D eigenvalue weighted by Crippen LogP contribution is 2.54. The van der Waals surface area contributed by atoms with E-state index in [0.29, 0.717) is 11.1 Å². The first-order valence-corrected chi connectivity index (χ1v) is 15.7. The van der Waals surface area contributed by atoms with Gasteiger partial charge in [-0.15, -0.1) is 0 Å². The van der Waals surface area contributed by atoms with Crippen molar-refractivity contribution in [2.24, 2.45) is 5.92 Å². The molecule has 4 aromatic carbocycles. The molecule has 4 rings (SSSR count). The van der Waals surface area contributed by atoms with Gasteiger partial charge in [0.05, 0.1) is 18.7 Å². The molecule has 1 N–H and O–H groups in total. The van der Waals surface area contributed by atoms with E-state index in [1.54, 1.807) is 54.6 Å². The van der Waals surface area contributed by atoms with Crippen molar-refractivity contribution in [1.29, 1.82) is 0 Å². The minimum absolute atomic E-state index is 0.0273. The van der Waals surface area contributed by atoms with Crippen LogP contribution in [0.1, 0.15) is 41.4 Å². The van der Waals surface area contributed by atoms with Crippen molar-refractivity contribution in [3.63, 3.8) is 0 Å². The number of rotatable bonds is 16. The molecule has 0 aliphatic heterocycles. The summed E-state index contributed by atoms with van der Waals surface area (Å²) in [4.78, 5) is 25.7. The average Bonchev–Trinajstić information content (AvgIpc) is 3.04. The van der Waals surface area contributed by atoms with Gasteiger partial charge in [0.15, 0.2) is 6.29 Å². The Labute approximate surface area is 251 Å². The van der Waals surface area contributed by atoms with E-state index in [9.17, 15) is 19.3 Å². The first-order valence-electron chi connectivity index (χ1n) is 14.0. The van der Waals surface area contributed by atoms with Crippen molar-refractivity contribution in [1.82, 2.24) is 0 Å². The minimum Gasteiger partial charge on any atom is -0.461 e. The number of hydrogen-bond donors (Lipinski definition) is 1. The first kappa shape index (κ1) is 31.9. The van der Waals surface area contributed by atoms with Gasteiger partial charge in [0.2, 0.25) is 0 Å². The summed E-state index contributed by atoms with van der Waals surface area (Å²) >= 11 is 0. The smallest absolute Gasteiger partial charge is 0.337 e. The lowest BCUT2D eigenvalue weighted by Gasteiger charge is -2.24. The van der Waals surface area contributed by atoms with E-state index in [1.807, 2.05) is 66.7 Å². The fourth-order valence-electron chi connectivity index (χ4n) is 4.17. The van der Waals surface area contributed by atoms with Crippen molar-refractivity contribution in [3.8, 4) is 0 Å². The molecule has 0 bridgehead atoms. The van der Waals surface area contributed by atoms with Gasteiger partial charge in [-0.2, -0.15) is 0 Å². The summed E-state index contributed by atoms with van der Waals surface area (Å²) in [7, 11) is -4.01. The van der Waals surface area contributed by atoms with Crippen LogP contribution >= 0.6 is 7.60 Å². The number of aliphatic hydroxyl groups excluding tert-OH is 1. The van der Waals surface area contributed by atoms with Crippen LogP contribution in [0.5, 0.6) is 0 Å². The molecule has 0 aliphatic rings. The molecule has 4 aromatic rings. The highest BCUT2D eigenvalue weighted by Gasteiger charge is 2.33. The molecule has 0 saturated carbocycles. The Morgan fingerprint density at radius 3 is 1.72 bits per heavy atom. The van der Waals surface area contributed by atoms with E-state index in [-0.39, 0.29) is 38.8 Å². The second kappa shape index (κ2) is 16.5. The number of carbonyl (C=O) groups is 2. The molecule has 0 heterocycles. The maximum atomic E-state index is 14.0. The van der Waals surface area contributed by atoms with Crippen LogP contribution in [0.4, 0.5) is 0 Å². The zero-order valence-corrected chi connectivity index (χ0v) is 24.6. The lowest BCUT2D eigenvalue weighted by molar-refractivity contribution is -0.152. The zero-order valence-electron chi connectivity index (χ0n) is 23.7. The summed E-state index contributed by atoms with van der Waals surface area (Å²) in [5.41, 5.74) is 2.70. The number of esters is 2. The summed E-state index contributed by atoms with van der Waals surface area (Å²) in [6.07, 6.45) is -1.71. The Kier molecular flexibility index (Phi) is 12.3. The van der Waals surface area contributed by atoms with Crippen molar-refractivity contribution in [2.75, 3.05) is 6.61 Å². The van der Waals surface area contributed by atoms with Crippen LogP contribution in [0.3, 0.4) is 0 Å². The Hall–Kier alpha value is -4.07. The Balaban J connectivity index is 1.45. The molecule has 43 heavy (non-hydrogen) atoms. The molecule has 9 heteroatoms. The summed E-state index contributed by atoms with van der Waals surface area (Å²) in [5.74, 6) is -2.06. The predicted octanol–water partition coefficient (Wildman–Crippen LogP) is 6.99. The molecule has 0 amide bonds. The van der Waals surface area contributed by atoms with Crippen LogP contribution in [-0.2, 0) is 52.1 Å². The Morgan fingerprint density at radius 2 is 1.16 bits per heavy atom. The SMILES string of the molecule is O=C(CCC(COP(=O)(Cc1ccccc1)OC(O)c1ccccc1)C(=O)OCc1ccccc1)OCc1ccccc1. The number of ether oxygens (including phenoxy) is 2. The van der Waals surface area contributed by atoms with E-state index in [4.69, 9.17) is 18.5 Å². The fraction of sp³-hybridized carbons (Fsp3) is 0.235. The van der Waals surface area contributed by atoms with Gasteiger partial charge in [0.25, 0.3) is 0 Å². The Morgan fingerprint density at radius 1 is 0.674 bits per heavy atom. The van der Waals surface area contributed by atoms with Gasteiger partial charge < -0.3 is 19.1 Å². The van der Waals surface area contributed by atoms with Crippen LogP contribution in [0.2, 0.25) is 0 Å². The third-order valence-electron chi connectivity index (χ3n) is 6.53. The molecule has 0 radical (unpaired) electrons. The Bertz CT molecular complexity index is 1450. The first-order chi connectivity index (χ1) is 20.9. The summed E-state index contributed by atoms with van der Waals surface area (Å²) in [6, 6.07) is 35.9. The molecule has 224 valence electrons. The molecule has 8 nitrogen and oxygen atoms in total. The molecule has 3 atom stereocenters. The summed E-state index contributed by atoms with van der Waals surface area (Å²) < 4.78 is 36.4. The number of aliphatic hydroxyl groups is 1. The lowest BCUT2D eigenvalue weighted by atomic mass is 10.0. The molecule has 0 saturated heterocycles. The van der Waals surface area contributed by atoms with E-state index < -0.39 is 31.7 Å². The normalized spacial score (nSPS) is 13.8. The predicted molar refractivity (Wildman–Crippen MR) is 161 cm³/mol. The number of carbonyl (C=O) groups excluding carboxylic acids is 2. The van der Waals surface area contributed by atoms with E-state index in [0.717, 1.165) is 11.1 Å². The lowest BCUT2D eigenvalue weighted by Crippen LogP contribution is -2.24. The van der Waals surface area contributed by atoms with Crippen molar-refractivity contribution >= 4 is 19.5 Å². The largest absolute Gasteiger partial charge is 0.461 e. The molecular weight excluding hydrogens is 567 g/mol. The van der Waals surface area contributed by atoms with Gasteiger partial charge >= 0.3 is 19.5 Å². The maximum absolute atomic E-state index is 14.0. The van der Waals surface area contributed by atoms with Crippen LogP contribution in [0, 0.1) is 5.92 Å². The second-order valence-corrected chi connectivity index (χ2v) is 11.9. The second-order valence-electron chi connectivity index (χ2n) is 9.89. The molecular formula is C34H35O8P. The van der Waals surface area contributed by atoms with E-state index >= 15 is 0 Å². The van der Waals surface area contributed by atoms with Crippen LogP contribution in [0.25, 0.3) is 0 Å². The molecule has 0 spiro atoms. The molecule has 0 aromatic heterocycles. The average molecular weight is 603 g/mol. The van der Waals surface area contributed by atoms with Gasteiger partial charge in [-0.3, -0.25) is 18.7 Å². The highest BCUT2D eigenvalue weighted by molar-refractivity contribution is 7.53. The van der Waals surface area contributed by atoms with Crippen LogP contribution in [0.15, 0.2) is 121 Å². The number of benzene rings is 4. The monoisotopic (exact) mass is 602 g/mol. The van der Waals surface area contributed by atoms with Gasteiger partial charge in [-0.1, -0.05) is 121 Å². The van der Waals surface area contributed by atoms with Gasteiger partial charge in [-0.05, 0) is 23.1 Å². The van der Waals surface area contributed by atoms with E-state index in [2.05, 4.69) is 0 Å². The standard InChI is InChI=1S/C34H35O8P/c35-32(39-23-27-13-5-1-6-14-27)22-21-31(33(36)40-24-28-15-7-2-8-16-28)25-41-43(38,26-29-17-9-3-10-18-29)42-34(37)30-19-11-4-12-20-30/h1-20,31,34,37H,21-26H2. The van der Waals surface area contributed by atoms with Crippen LogP contribution in [-0.4, -0.2) is 23.7 Å². The molecule has 0 fully saturated rings. The maximum Gasteiger partial charge on any atom is 0.337 e. The van der Waals surface area contributed by atoms with Crippen molar-refractivity contribution in [3.05, 3.63) is 144 Å². The molecule has 3 unspecified atom stereocenters. The van der Waals surface area contributed by atoms with E-state index in [1.165, 1.54) is 0 Å². The fourth-order valence-corrected chi connectivity index (χ4v) is 5.89. The minimum atomic E-state index is -4.01. The highest BCUT2D eigenvalue weighted by atomic mass is 31.2. The van der Waals surface area contributed by atoms with Gasteiger partial charge in [-0.25, -0.2) is 0 Å². The summed E-state index contributed by atoms with van der Waals surface area (Å²) in [6.45, 7) is -0.221. The topological polar surface area (TPSA) is 108 Å². The van der Waals surface area contributed by atoms with Crippen molar-refractivity contribution < 1.29 is 37.8 Å². The van der Waals surface area contributed by atoms with Crippen molar-refractivity contribution in [2.45, 2.75) is 38.5 Å². The van der Waals surface area contributed by atoms with Gasteiger partial charge in [0.1, 0.15) is 13.2 Å². The van der Waals surface area contributed by atoms with Gasteiger partial charge in [0, 0.05) is 12.0 Å². The van der Waals surface area contributed by atoms with Crippen LogP contribution < -0.4 is 0 Å². The number of hydrogen-bond acceptors (Lipinski definition) is 8. The molecule has 0 aliphatic carbocycles. The third kappa shape index (κ3) is 10.9.